The van der Waals surface area contributed by atoms with Crippen molar-refractivity contribution in [3.05, 3.63) is 44.1 Å². The summed E-state index contributed by atoms with van der Waals surface area (Å²) in [6, 6.07) is 2.46. The van der Waals surface area contributed by atoms with Crippen molar-refractivity contribution in [2.24, 2.45) is 5.92 Å². The monoisotopic (exact) mass is 528 g/mol. The van der Waals surface area contributed by atoms with Gasteiger partial charge in [-0.05, 0) is 37.7 Å². The number of alkyl carbamates (subject to hydrolysis) is 1. The van der Waals surface area contributed by atoms with Crippen LogP contribution in [-0.2, 0) is 10.9 Å². The number of carbonyl (C=O) groups is 1. The van der Waals surface area contributed by atoms with Crippen LogP contribution in [0.1, 0.15) is 31.2 Å². The Morgan fingerprint density at radius 1 is 1.17 bits per heavy atom. The predicted molar refractivity (Wildman–Crippen MR) is 130 cm³/mol. The minimum Gasteiger partial charge on any atom is -0.446 e. The zero-order chi connectivity index (χ0) is 26.0. The molecular weight excluding hydrogens is 501 g/mol. The molecule has 2 aromatic rings. The Morgan fingerprint density at radius 3 is 2.42 bits per heavy atom. The number of nitro benzene ring substituents is 1. The average Bonchev–Trinajstić information content (AvgIpc) is 2.84. The van der Waals surface area contributed by atoms with Gasteiger partial charge >= 0.3 is 12.3 Å². The number of halogens is 3. The van der Waals surface area contributed by atoms with E-state index >= 15 is 0 Å². The van der Waals surface area contributed by atoms with Gasteiger partial charge in [0.25, 0.3) is 5.69 Å². The molecule has 1 saturated heterocycles. The second-order valence-corrected chi connectivity index (χ2v) is 10.2. The molecule has 36 heavy (non-hydrogen) atoms. The third kappa shape index (κ3) is 5.89. The first-order valence-corrected chi connectivity index (χ1v) is 12.6. The fourth-order valence-corrected chi connectivity index (χ4v) is 6.04. The maximum absolute atomic E-state index is 13.2. The highest BCUT2D eigenvalue weighted by molar-refractivity contribution is 7.22. The first kappa shape index (κ1) is 26.1. The molecule has 196 valence electrons. The highest BCUT2D eigenvalue weighted by atomic mass is 32.1. The Labute approximate surface area is 209 Å². The zero-order valence-corrected chi connectivity index (χ0v) is 20.5. The number of non-ortho nitro benzene ring substituents is 1. The maximum Gasteiger partial charge on any atom is 0.416 e. The molecule has 1 aromatic carbocycles. The van der Waals surface area contributed by atoms with Gasteiger partial charge in [0.1, 0.15) is 10.8 Å². The molecule has 2 fully saturated rings. The number of piperazine rings is 1. The number of ether oxygens (including phenoxy) is 1. The third-order valence-corrected chi connectivity index (χ3v) is 8.01. The number of nitrogens with one attached hydrogen (secondary N) is 1. The second-order valence-electron chi connectivity index (χ2n) is 9.16. The molecule has 4 rings (SSSR count). The molecule has 0 atom stereocenters. The van der Waals surface area contributed by atoms with Gasteiger partial charge in [0.05, 0.1) is 15.5 Å². The number of rotatable bonds is 5. The van der Waals surface area contributed by atoms with Crippen molar-refractivity contribution in [1.82, 2.24) is 10.2 Å². The fraction of sp³-hybridized carbons (Fsp3) is 0.565. The van der Waals surface area contributed by atoms with Gasteiger partial charge in [0.15, 0.2) is 5.43 Å². The summed E-state index contributed by atoms with van der Waals surface area (Å²) in [6.07, 6.45) is -1.64. The second kappa shape index (κ2) is 10.6. The third-order valence-electron chi connectivity index (χ3n) is 6.79. The highest BCUT2D eigenvalue weighted by Crippen LogP contribution is 2.39. The summed E-state index contributed by atoms with van der Waals surface area (Å²) in [7, 11) is 1.54. The number of benzene rings is 1. The lowest BCUT2D eigenvalue weighted by molar-refractivity contribution is -0.383. The van der Waals surface area contributed by atoms with Crippen molar-refractivity contribution >= 4 is 38.2 Å². The van der Waals surface area contributed by atoms with Gasteiger partial charge in [-0.25, -0.2) is 4.79 Å². The van der Waals surface area contributed by atoms with Crippen LogP contribution in [0.3, 0.4) is 0 Å². The Morgan fingerprint density at radius 2 is 1.83 bits per heavy atom. The minimum absolute atomic E-state index is 0.0475. The zero-order valence-electron chi connectivity index (χ0n) is 19.7. The first-order chi connectivity index (χ1) is 17.0. The lowest BCUT2D eigenvalue weighted by Gasteiger charge is -2.38. The smallest absolute Gasteiger partial charge is 0.416 e. The number of amides is 1. The molecule has 1 amide bonds. The van der Waals surface area contributed by atoms with E-state index in [-0.39, 0.29) is 16.2 Å². The lowest BCUT2D eigenvalue weighted by atomic mass is 9.87. The summed E-state index contributed by atoms with van der Waals surface area (Å²) < 4.78 is 44.9. The van der Waals surface area contributed by atoms with Gasteiger partial charge in [-0.3, -0.25) is 19.8 Å². The molecule has 1 aliphatic heterocycles. The van der Waals surface area contributed by atoms with Crippen LogP contribution < -0.4 is 15.6 Å². The summed E-state index contributed by atoms with van der Waals surface area (Å²) in [4.78, 5) is 39.0. The predicted octanol–water partition coefficient (Wildman–Crippen LogP) is 4.23. The van der Waals surface area contributed by atoms with Crippen molar-refractivity contribution in [1.29, 1.82) is 0 Å². The first-order valence-electron chi connectivity index (χ1n) is 11.7. The Kier molecular flexibility index (Phi) is 7.69. The Balaban J connectivity index is 1.41. The van der Waals surface area contributed by atoms with Crippen molar-refractivity contribution in [3.8, 4) is 0 Å². The summed E-state index contributed by atoms with van der Waals surface area (Å²) in [5.74, 6) is 0.503. The summed E-state index contributed by atoms with van der Waals surface area (Å²) in [5, 5.41) is 14.2. The molecule has 0 bridgehead atoms. The fourth-order valence-electron chi connectivity index (χ4n) is 4.84. The standard InChI is InChI=1S/C23H27F3N4O5S/c1-27-22(32)35-16-4-2-14(3-5-16)13-28-6-8-29(9-7-28)20-12-19(31)17-10-15(23(24,25)26)11-18(30(33)34)21(17)36-20/h10-12,14,16H,2-9,13H2,1H3,(H,27,32). The van der Waals surface area contributed by atoms with Crippen LogP contribution in [0, 0.1) is 16.0 Å². The van der Waals surface area contributed by atoms with Gasteiger partial charge in [-0.1, -0.05) is 0 Å². The molecule has 9 nitrogen and oxygen atoms in total. The lowest BCUT2D eigenvalue weighted by Crippen LogP contribution is -2.48. The van der Waals surface area contributed by atoms with Gasteiger partial charge in [0.2, 0.25) is 0 Å². The van der Waals surface area contributed by atoms with Gasteiger partial charge < -0.3 is 15.0 Å². The molecule has 0 radical (unpaired) electrons. The number of nitrogens with zero attached hydrogens (tertiary/aromatic N) is 3. The van der Waals surface area contributed by atoms with E-state index in [4.69, 9.17) is 4.74 Å². The number of nitro groups is 1. The van der Waals surface area contributed by atoms with E-state index in [1.807, 2.05) is 4.90 Å². The van der Waals surface area contributed by atoms with E-state index in [1.165, 1.54) is 13.1 Å². The Bertz CT molecular complexity index is 1190. The number of hydrogen-bond acceptors (Lipinski definition) is 8. The maximum atomic E-state index is 13.2. The van der Waals surface area contributed by atoms with Crippen molar-refractivity contribution in [3.63, 3.8) is 0 Å². The van der Waals surface area contributed by atoms with Gasteiger partial charge in [-0.15, -0.1) is 11.3 Å². The van der Waals surface area contributed by atoms with E-state index in [0.29, 0.717) is 36.1 Å². The van der Waals surface area contributed by atoms with Gasteiger partial charge in [0, 0.05) is 57.3 Å². The van der Waals surface area contributed by atoms with Crippen molar-refractivity contribution in [2.75, 3.05) is 44.7 Å². The summed E-state index contributed by atoms with van der Waals surface area (Å²) >= 11 is 0.977. The van der Waals surface area contributed by atoms with Crippen LogP contribution in [0.4, 0.5) is 28.7 Å². The van der Waals surface area contributed by atoms with Gasteiger partial charge in [-0.2, -0.15) is 13.2 Å². The summed E-state index contributed by atoms with van der Waals surface area (Å²) in [5.41, 5.74) is -2.58. The van der Waals surface area contributed by atoms with Crippen LogP contribution in [0.15, 0.2) is 23.0 Å². The molecule has 2 aliphatic rings. The van der Waals surface area contributed by atoms with E-state index in [9.17, 15) is 32.9 Å². The number of alkyl halides is 3. The number of anilines is 1. The van der Waals surface area contributed by atoms with E-state index in [1.54, 1.807) is 0 Å². The number of hydrogen-bond donors (Lipinski definition) is 1. The Hall–Kier alpha value is -2.93. The molecule has 13 heteroatoms. The molecule has 1 saturated carbocycles. The van der Waals surface area contributed by atoms with Crippen LogP contribution in [0.2, 0.25) is 0 Å². The highest BCUT2D eigenvalue weighted by Gasteiger charge is 2.34. The quantitative estimate of drug-likeness (QED) is 0.458. The topological polar surface area (TPSA) is 105 Å². The summed E-state index contributed by atoms with van der Waals surface area (Å²) in [6.45, 7) is 3.60. The number of fused-ring (bicyclic) bond motifs is 1. The number of carbonyl (C=O) groups excluding carboxylic acids is 1. The molecule has 0 unspecified atom stereocenters. The van der Waals surface area contributed by atoms with Crippen molar-refractivity contribution < 1.29 is 27.6 Å². The van der Waals surface area contributed by atoms with E-state index in [2.05, 4.69) is 10.2 Å². The SMILES string of the molecule is CNC(=O)OC1CCC(CN2CCN(c3cc(=O)c4cc(C(F)(F)F)cc([N+](=O)[O-])c4s3)CC2)CC1. The molecular formula is C23H27F3N4O5S. The average molecular weight is 529 g/mol. The molecule has 1 N–H and O–H groups in total. The van der Waals surface area contributed by atoms with E-state index in [0.717, 1.165) is 56.7 Å². The minimum atomic E-state index is -4.79. The molecule has 2 heterocycles. The normalized spacial score (nSPS) is 21.4. The van der Waals surface area contributed by atoms with Crippen LogP contribution in [0.25, 0.3) is 10.1 Å². The van der Waals surface area contributed by atoms with Crippen LogP contribution >= 0.6 is 11.3 Å². The largest absolute Gasteiger partial charge is 0.446 e. The molecule has 1 aliphatic carbocycles. The van der Waals surface area contributed by atoms with Crippen LogP contribution in [-0.4, -0.2) is 61.8 Å². The van der Waals surface area contributed by atoms with Crippen molar-refractivity contribution in [2.45, 2.75) is 38.0 Å². The molecule has 1 aromatic heterocycles. The van der Waals surface area contributed by atoms with E-state index < -0.39 is 33.9 Å². The van der Waals surface area contributed by atoms with Crippen LogP contribution in [0.5, 0.6) is 0 Å². The molecule has 0 spiro atoms.